The second-order valence-corrected chi connectivity index (χ2v) is 2.67. The zero-order chi connectivity index (χ0) is 9.94. The molecule has 0 fully saturated rings. The molecule has 78 valence electrons. The minimum atomic E-state index is 0.287. The fourth-order valence-corrected chi connectivity index (χ4v) is 0.683. The summed E-state index contributed by atoms with van der Waals surface area (Å²) >= 11 is 0. The Balaban J connectivity index is 2.95. The quantitative estimate of drug-likeness (QED) is 0.402. The lowest BCUT2D eigenvalue weighted by atomic mass is 10.3. The van der Waals surface area contributed by atoms with Crippen LogP contribution in [0.5, 0.6) is 0 Å². The first kappa shape index (κ1) is 12.4. The molecule has 1 atom stereocenters. The second kappa shape index (κ2) is 9.48. The van der Waals surface area contributed by atoms with Crippen LogP contribution in [0, 0.1) is 0 Å². The van der Waals surface area contributed by atoms with Gasteiger partial charge >= 0.3 is 0 Å². The van der Waals surface area contributed by atoms with E-state index in [9.17, 15) is 4.79 Å². The van der Waals surface area contributed by atoms with Gasteiger partial charge in [-0.15, -0.1) is 0 Å². The molecule has 0 aliphatic carbocycles. The zero-order valence-corrected chi connectivity index (χ0v) is 8.32. The summed E-state index contributed by atoms with van der Waals surface area (Å²) in [4.78, 5) is 9.72. The summed E-state index contributed by atoms with van der Waals surface area (Å²) in [7, 11) is 0. The predicted octanol–water partition coefficient (Wildman–Crippen LogP) is 0.991. The van der Waals surface area contributed by atoms with Gasteiger partial charge in [-0.25, -0.2) is 0 Å². The van der Waals surface area contributed by atoms with Crippen LogP contribution in [0.25, 0.3) is 0 Å². The maximum atomic E-state index is 9.72. The van der Waals surface area contributed by atoms with Crippen LogP contribution in [0.15, 0.2) is 0 Å². The van der Waals surface area contributed by atoms with Crippen molar-refractivity contribution in [3.05, 3.63) is 0 Å². The summed E-state index contributed by atoms with van der Waals surface area (Å²) in [6.45, 7) is 6.40. The van der Waals surface area contributed by atoms with Gasteiger partial charge in [0.1, 0.15) is 6.61 Å². The summed E-state index contributed by atoms with van der Waals surface area (Å²) in [5.41, 5.74) is 0. The van der Waals surface area contributed by atoms with Gasteiger partial charge in [0, 0.05) is 0 Å². The molecule has 0 aromatic heterocycles. The highest BCUT2D eigenvalue weighted by molar-refractivity contribution is 5.36. The van der Waals surface area contributed by atoms with E-state index < -0.39 is 0 Å². The first-order chi connectivity index (χ1) is 6.31. The van der Waals surface area contributed by atoms with Crippen LogP contribution in [0.2, 0.25) is 0 Å². The van der Waals surface area contributed by atoms with Gasteiger partial charge in [0.15, 0.2) is 0 Å². The molecule has 0 heterocycles. The van der Waals surface area contributed by atoms with Crippen molar-refractivity contribution < 1.29 is 19.0 Å². The smallest absolute Gasteiger partial charge is 0.293 e. The Kier molecular flexibility index (Phi) is 9.03. The third kappa shape index (κ3) is 9.30. The number of ether oxygens (including phenoxy) is 3. The van der Waals surface area contributed by atoms with E-state index in [0.717, 1.165) is 6.42 Å². The topological polar surface area (TPSA) is 44.8 Å². The van der Waals surface area contributed by atoms with Crippen molar-refractivity contribution in [2.75, 3.05) is 26.4 Å². The van der Waals surface area contributed by atoms with Crippen LogP contribution in [-0.4, -0.2) is 39.0 Å². The molecule has 4 heteroatoms. The maximum absolute atomic E-state index is 9.72. The van der Waals surface area contributed by atoms with Crippen LogP contribution in [0.4, 0.5) is 0 Å². The normalized spacial score (nSPS) is 12.5. The third-order valence-corrected chi connectivity index (χ3v) is 1.62. The highest BCUT2D eigenvalue weighted by Crippen LogP contribution is 1.94. The Hall–Kier alpha value is -0.610. The molecule has 4 nitrogen and oxygen atoms in total. The lowest BCUT2D eigenvalue weighted by Gasteiger charge is -2.10. The molecule has 0 N–H and O–H groups in total. The van der Waals surface area contributed by atoms with Crippen molar-refractivity contribution in [1.82, 2.24) is 0 Å². The molecule has 0 saturated heterocycles. The highest BCUT2D eigenvalue weighted by atomic mass is 16.6. The zero-order valence-electron chi connectivity index (χ0n) is 8.32. The lowest BCUT2D eigenvalue weighted by Crippen LogP contribution is -2.13. The highest BCUT2D eigenvalue weighted by Gasteiger charge is 1.96. The van der Waals surface area contributed by atoms with Gasteiger partial charge in [0.2, 0.25) is 0 Å². The molecule has 0 aromatic rings. The van der Waals surface area contributed by atoms with Crippen molar-refractivity contribution in [3.63, 3.8) is 0 Å². The van der Waals surface area contributed by atoms with Crippen LogP contribution >= 0.6 is 0 Å². The van der Waals surface area contributed by atoms with Crippen molar-refractivity contribution in [3.8, 4) is 0 Å². The molecular formula is C9H18O4. The molecular weight excluding hydrogens is 172 g/mol. The first-order valence-corrected chi connectivity index (χ1v) is 4.55. The summed E-state index contributed by atoms with van der Waals surface area (Å²) in [6, 6.07) is 0. The fourth-order valence-electron chi connectivity index (χ4n) is 0.683. The predicted molar refractivity (Wildman–Crippen MR) is 48.5 cm³/mol. The molecule has 0 rings (SSSR count). The Labute approximate surface area is 79.2 Å². The van der Waals surface area contributed by atoms with Crippen LogP contribution < -0.4 is 0 Å². The van der Waals surface area contributed by atoms with Gasteiger partial charge in [-0.3, -0.25) is 4.79 Å². The largest absolute Gasteiger partial charge is 0.465 e. The van der Waals surface area contributed by atoms with Gasteiger partial charge in [-0.2, -0.15) is 0 Å². The molecule has 1 unspecified atom stereocenters. The Morgan fingerprint density at radius 2 is 1.92 bits per heavy atom. The standard InChI is InChI=1S/C9H18O4/c1-3-9(2)13-7-6-11-4-5-12-8-10/h8-9H,3-7H2,1-2H3. The van der Waals surface area contributed by atoms with Crippen LogP contribution in [0.1, 0.15) is 20.3 Å². The van der Waals surface area contributed by atoms with E-state index in [1.54, 1.807) is 0 Å². The molecule has 0 bridgehead atoms. The number of hydrogen-bond donors (Lipinski definition) is 0. The number of carbonyl (C=O) groups excluding carboxylic acids is 1. The van der Waals surface area contributed by atoms with E-state index >= 15 is 0 Å². The SMILES string of the molecule is CCC(C)OCCOCCOC=O. The molecule has 0 saturated carbocycles. The maximum Gasteiger partial charge on any atom is 0.293 e. The van der Waals surface area contributed by atoms with Gasteiger partial charge in [-0.1, -0.05) is 6.92 Å². The monoisotopic (exact) mass is 190 g/mol. The molecule has 0 aliphatic rings. The Bertz CT molecular complexity index is 116. The summed E-state index contributed by atoms with van der Waals surface area (Å²) in [6.07, 6.45) is 1.30. The van der Waals surface area contributed by atoms with Crippen molar-refractivity contribution >= 4 is 6.47 Å². The fraction of sp³-hybridized carbons (Fsp3) is 0.889. The number of rotatable bonds is 9. The third-order valence-electron chi connectivity index (χ3n) is 1.62. The lowest BCUT2D eigenvalue weighted by molar-refractivity contribution is -0.130. The molecule has 0 aromatic carbocycles. The first-order valence-electron chi connectivity index (χ1n) is 4.55. The van der Waals surface area contributed by atoms with Crippen molar-refractivity contribution in [2.24, 2.45) is 0 Å². The average molecular weight is 190 g/mol. The van der Waals surface area contributed by atoms with E-state index in [1.807, 2.05) is 6.92 Å². The Morgan fingerprint density at radius 3 is 2.54 bits per heavy atom. The van der Waals surface area contributed by atoms with Crippen LogP contribution in [0.3, 0.4) is 0 Å². The summed E-state index contributed by atoms with van der Waals surface area (Å²) in [5, 5.41) is 0. The molecule has 0 aliphatic heterocycles. The van der Waals surface area contributed by atoms with E-state index in [-0.39, 0.29) is 6.10 Å². The van der Waals surface area contributed by atoms with E-state index in [2.05, 4.69) is 11.7 Å². The summed E-state index contributed by atoms with van der Waals surface area (Å²) < 4.78 is 14.9. The van der Waals surface area contributed by atoms with E-state index in [4.69, 9.17) is 9.47 Å². The van der Waals surface area contributed by atoms with Gasteiger partial charge in [0.05, 0.1) is 25.9 Å². The number of hydrogen-bond acceptors (Lipinski definition) is 4. The summed E-state index contributed by atoms with van der Waals surface area (Å²) in [5.74, 6) is 0. The van der Waals surface area contributed by atoms with Gasteiger partial charge in [0.25, 0.3) is 6.47 Å². The van der Waals surface area contributed by atoms with Crippen molar-refractivity contribution in [1.29, 1.82) is 0 Å². The van der Waals surface area contributed by atoms with E-state index in [1.165, 1.54) is 0 Å². The number of carbonyl (C=O) groups is 1. The minimum Gasteiger partial charge on any atom is -0.465 e. The van der Waals surface area contributed by atoms with E-state index in [0.29, 0.717) is 32.9 Å². The average Bonchev–Trinajstić information content (AvgIpc) is 2.16. The molecule has 0 radical (unpaired) electrons. The van der Waals surface area contributed by atoms with Gasteiger partial charge < -0.3 is 14.2 Å². The van der Waals surface area contributed by atoms with Crippen LogP contribution in [-0.2, 0) is 19.0 Å². The molecule has 13 heavy (non-hydrogen) atoms. The minimum absolute atomic E-state index is 0.287. The Morgan fingerprint density at radius 1 is 1.23 bits per heavy atom. The van der Waals surface area contributed by atoms with Crippen molar-refractivity contribution in [2.45, 2.75) is 26.4 Å². The molecule has 0 spiro atoms. The van der Waals surface area contributed by atoms with Gasteiger partial charge in [-0.05, 0) is 13.3 Å². The molecule has 0 amide bonds. The second-order valence-electron chi connectivity index (χ2n) is 2.67.